The number of carbonyl (C=O) groups excluding carboxylic acids is 8. The Morgan fingerprint density at radius 1 is 0.740 bits per heavy atom. The maximum Gasteiger partial charge on any atom is 0.330 e. The Morgan fingerprint density at radius 2 is 1.34 bits per heavy atom. The van der Waals surface area contributed by atoms with Crippen LogP contribution in [0.2, 0.25) is 0 Å². The van der Waals surface area contributed by atoms with Crippen LogP contribution in [-0.4, -0.2) is 123 Å². The van der Waals surface area contributed by atoms with Crippen molar-refractivity contribution in [2.24, 2.45) is 0 Å². The van der Waals surface area contributed by atoms with Gasteiger partial charge >= 0.3 is 24.1 Å². The average molecular weight is 747 g/mol. The van der Waals surface area contributed by atoms with E-state index in [0.29, 0.717) is 16.4 Å². The minimum absolute atomic E-state index is 0.0905. The fraction of sp³-hybridized carbons (Fsp3) is 0.444. The molecular formula is C27H38N8O13S2. The fourth-order valence-corrected chi connectivity index (χ4v) is 4.45. The summed E-state index contributed by atoms with van der Waals surface area (Å²) < 4.78 is 0. The maximum absolute atomic E-state index is 12.7. The monoisotopic (exact) mass is 746 g/mol. The van der Waals surface area contributed by atoms with Gasteiger partial charge in [0.25, 0.3) is 5.91 Å². The Labute approximate surface area is 293 Å². The summed E-state index contributed by atoms with van der Waals surface area (Å²) in [5.74, 6) is -6.55. The van der Waals surface area contributed by atoms with Gasteiger partial charge in [0.15, 0.2) is 5.37 Å². The zero-order valence-corrected chi connectivity index (χ0v) is 28.2. The number of carboxylic acid groups (broad SMARTS) is 1. The number of thiol groups is 1. The number of amides is 11. The molecule has 1 unspecified atom stereocenters. The molecule has 0 aliphatic rings. The summed E-state index contributed by atoms with van der Waals surface area (Å²) in [5, 5.41) is 52.2. The molecule has 1 aromatic carbocycles. The number of benzene rings is 1. The van der Waals surface area contributed by atoms with Gasteiger partial charge in [-0.3, -0.25) is 39.9 Å². The third-order valence-electron chi connectivity index (χ3n) is 6.01. The first-order valence-corrected chi connectivity index (χ1v) is 16.3. The highest BCUT2D eigenvalue weighted by Gasteiger charge is 2.31. The number of aliphatic hydroxyl groups excluding tert-OH is 3. The molecule has 0 aromatic heterocycles. The van der Waals surface area contributed by atoms with Crippen LogP contribution in [0, 0.1) is 0 Å². The molecule has 1 aromatic rings. The van der Waals surface area contributed by atoms with Crippen LogP contribution in [-0.2, 0) is 35.2 Å². The van der Waals surface area contributed by atoms with Crippen molar-refractivity contribution in [3.05, 3.63) is 35.9 Å². The number of hydrogen-bond donors (Lipinski definition) is 13. The van der Waals surface area contributed by atoms with Crippen molar-refractivity contribution < 1.29 is 63.6 Å². The summed E-state index contributed by atoms with van der Waals surface area (Å²) in [7, 11) is 0.419. The fourth-order valence-electron chi connectivity index (χ4n) is 3.68. The minimum atomic E-state index is -1.72. The van der Waals surface area contributed by atoms with Crippen LogP contribution in [0.4, 0.5) is 14.4 Å². The number of nitrogens with one attached hydrogen (secondary N) is 8. The Kier molecular flexibility index (Phi) is 18.8. The zero-order chi connectivity index (χ0) is 38.0. The summed E-state index contributed by atoms with van der Waals surface area (Å²) >= 11 is 3.84. The topological polar surface area (TPSA) is 331 Å². The Bertz CT molecular complexity index is 1400. The third kappa shape index (κ3) is 16.4. The second-order valence-corrected chi connectivity index (χ2v) is 11.6. The van der Waals surface area contributed by atoms with Gasteiger partial charge in [0.2, 0.25) is 23.6 Å². The van der Waals surface area contributed by atoms with Crippen LogP contribution in [0.5, 0.6) is 0 Å². The Morgan fingerprint density at radius 3 is 1.88 bits per heavy atom. The van der Waals surface area contributed by atoms with Crippen molar-refractivity contribution in [1.29, 1.82) is 0 Å². The lowest BCUT2D eigenvalue weighted by atomic mass is 10.1. The Balaban J connectivity index is 2.69. The van der Waals surface area contributed by atoms with Gasteiger partial charge in [-0.25, -0.2) is 19.2 Å². The molecule has 12 N–H and O–H groups in total. The van der Waals surface area contributed by atoms with Gasteiger partial charge in [-0.2, -0.15) is 0 Å². The number of aliphatic hydroxyl groups is 3. The average Bonchev–Trinajstić information content (AvgIpc) is 3.02. The molecule has 23 heteroatoms. The summed E-state index contributed by atoms with van der Waals surface area (Å²) in [4.78, 5) is 109. The predicted octanol–water partition coefficient (Wildman–Crippen LogP) is -3.82. The molecule has 11 amide bonds. The zero-order valence-electron chi connectivity index (χ0n) is 26.5. The molecule has 21 nitrogen and oxygen atoms in total. The molecule has 0 spiro atoms. The number of aliphatic carboxylic acids is 1. The molecule has 276 valence electrons. The van der Waals surface area contributed by atoms with Gasteiger partial charge < -0.3 is 47.0 Å². The number of imide groups is 3. The van der Waals surface area contributed by atoms with Gasteiger partial charge in [0, 0.05) is 6.42 Å². The van der Waals surface area contributed by atoms with E-state index >= 15 is 0 Å². The number of urea groups is 3. The molecule has 0 bridgehead atoms. The lowest BCUT2D eigenvalue weighted by Gasteiger charge is -2.24. The predicted molar refractivity (Wildman–Crippen MR) is 176 cm³/mol. The van der Waals surface area contributed by atoms with Gasteiger partial charge in [-0.05, 0) is 19.4 Å². The van der Waals surface area contributed by atoms with E-state index in [1.807, 2.05) is 5.32 Å². The van der Waals surface area contributed by atoms with Crippen molar-refractivity contribution in [2.75, 3.05) is 13.2 Å². The van der Waals surface area contributed by atoms with Crippen LogP contribution >= 0.6 is 22.5 Å². The highest BCUT2D eigenvalue weighted by atomic mass is 33.1. The van der Waals surface area contributed by atoms with Gasteiger partial charge in [0.1, 0.15) is 18.1 Å². The molecule has 50 heavy (non-hydrogen) atoms. The van der Waals surface area contributed by atoms with E-state index in [9.17, 15) is 58.5 Å². The molecule has 0 saturated carbocycles. The van der Waals surface area contributed by atoms with E-state index < -0.39 is 109 Å². The van der Waals surface area contributed by atoms with Gasteiger partial charge in [-0.15, -0.1) is 11.7 Å². The number of carboxylic acids is 1. The van der Waals surface area contributed by atoms with E-state index in [1.54, 1.807) is 46.3 Å². The van der Waals surface area contributed by atoms with Crippen molar-refractivity contribution in [3.8, 4) is 0 Å². The number of carbonyl (C=O) groups is 9. The highest BCUT2D eigenvalue weighted by Crippen LogP contribution is 2.13. The number of rotatable bonds is 17. The van der Waals surface area contributed by atoms with Gasteiger partial charge in [0.05, 0.1) is 31.8 Å². The summed E-state index contributed by atoms with van der Waals surface area (Å²) in [6.45, 7) is 0.629. The molecule has 0 aliphatic heterocycles. The molecule has 6 atom stereocenters. The van der Waals surface area contributed by atoms with E-state index in [0.717, 1.165) is 6.92 Å². The summed E-state index contributed by atoms with van der Waals surface area (Å²) in [6, 6.07) is -0.445. The first-order chi connectivity index (χ1) is 23.5. The Hall–Kier alpha value is -4.97. The van der Waals surface area contributed by atoms with E-state index in [2.05, 4.69) is 32.9 Å². The summed E-state index contributed by atoms with van der Waals surface area (Å²) in [5.41, 5.74) is 0.597. The molecule has 0 fully saturated rings. The van der Waals surface area contributed by atoms with Crippen LogP contribution in [0.1, 0.15) is 25.8 Å². The molecule has 1 rings (SSSR count). The van der Waals surface area contributed by atoms with Crippen LogP contribution in [0.25, 0.3) is 0 Å². The van der Waals surface area contributed by atoms with Crippen molar-refractivity contribution in [3.63, 3.8) is 0 Å². The number of hydrogen-bond acceptors (Lipinski definition) is 14. The van der Waals surface area contributed by atoms with Crippen molar-refractivity contribution in [2.45, 2.75) is 62.4 Å². The second kappa shape index (κ2) is 21.9. The SMILES string of the molecule is C[C@@H](O)CC(=O)NC(=O)NC(=O)NC(=O)N[C@@H](SS)C(=O)N[C@H](C(=O)NCC(=O)N[C@@H](CO)C(=O)NC(Cc1ccccc1)C(=O)O)[C@@H](C)O. The van der Waals surface area contributed by atoms with Crippen LogP contribution in [0.15, 0.2) is 30.3 Å². The first kappa shape index (κ1) is 43.1. The van der Waals surface area contributed by atoms with Crippen molar-refractivity contribution in [1.82, 2.24) is 42.5 Å². The smallest absolute Gasteiger partial charge is 0.330 e. The quantitative estimate of drug-likeness (QED) is 0.0413. The third-order valence-corrected chi connectivity index (χ3v) is 7.19. The molecule has 0 saturated heterocycles. The largest absolute Gasteiger partial charge is 0.480 e. The van der Waals surface area contributed by atoms with Gasteiger partial charge in [-0.1, -0.05) is 41.1 Å². The summed E-state index contributed by atoms with van der Waals surface area (Å²) in [6.07, 6.45) is -3.18. The lowest BCUT2D eigenvalue weighted by molar-refractivity contribution is -0.142. The molecule has 0 radical (unpaired) electrons. The molecular weight excluding hydrogens is 708 g/mol. The lowest BCUT2D eigenvalue weighted by Crippen LogP contribution is -2.59. The molecule has 0 heterocycles. The second-order valence-electron chi connectivity index (χ2n) is 10.3. The van der Waals surface area contributed by atoms with E-state index in [-0.39, 0.29) is 6.42 Å². The van der Waals surface area contributed by atoms with Crippen LogP contribution in [0.3, 0.4) is 0 Å². The van der Waals surface area contributed by atoms with Crippen molar-refractivity contribution >= 4 is 76.1 Å². The standard InChI is InChI=1S/C27H38N8O13S2/c1-12(37)8-17(39)31-25(46)34-27(48)35-26(47)33-23(50-49)22(43)32-19(13(2)38)21(42)28-10-18(40)29-16(11-36)20(41)30-15(24(44)45)9-14-6-4-3-5-7-14/h3-7,12-13,15-16,19,23,36-38,49H,8-11H2,1-2H3,(H,28,42)(H,29,40)(H,30,41)(H,32,43)(H,44,45)(H4,31,33,34,35,39,46,47,48)/t12-,13-,15?,16+,19+,23+/m1/s1. The minimum Gasteiger partial charge on any atom is -0.480 e. The van der Waals surface area contributed by atoms with Crippen LogP contribution < -0.4 is 42.5 Å². The highest BCUT2D eigenvalue weighted by molar-refractivity contribution is 8.69. The van der Waals surface area contributed by atoms with E-state index in [4.69, 9.17) is 5.11 Å². The first-order valence-electron chi connectivity index (χ1n) is 14.4. The maximum atomic E-state index is 12.7. The normalized spacial score (nSPS) is 14.1. The van der Waals surface area contributed by atoms with E-state index in [1.165, 1.54) is 6.92 Å². The molecule has 0 aliphatic carbocycles.